The number of benzene rings is 3. The number of carbonyl (C=O) groups is 1. The summed E-state index contributed by atoms with van der Waals surface area (Å²) in [7, 11) is -2.24. The van der Waals surface area contributed by atoms with E-state index in [-0.39, 0.29) is 33.7 Å². The smallest absolute Gasteiger partial charge is 0.277 e. The Morgan fingerprint density at radius 1 is 1.08 bits per heavy atom. The Kier molecular flexibility index (Phi) is 6.90. The molecule has 4 aromatic rings. The number of thioether (sulfide) groups is 1. The summed E-state index contributed by atoms with van der Waals surface area (Å²) in [4.78, 5) is 14.9. The largest absolute Gasteiger partial charge is 0.497 e. The summed E-state index contributed by atoms with van der Waals surface area (Å²) in [6.07, 6.45) is 0.837. The summed E-state index contributed by atoms with van der Waals surface area (Å²) < 4.78 is 38.6. The lowest BCUT2D eigenvalue weighted by molar-refractivity contribution is -0.116. The zero-order valence-corrected chi connectivity index (χ0v) is 21.8. The summed E-state index contributed by atoms with van der Waals surface area (Å²) in [5.41, 5.74) is 3.14. The molecule has 190 valence electrons. The van der Waals surface area contributed by atoms with Crippen LogP contribution in [0, 0.1) is 0 Å². The molecule has 11 heteroatoms. The number of nitrogens with one attached hydrogen (secondary N) is 1. The molecule has 0 spiro atoms. The van der Waals surface area contributed by atoms with Crippen molar-refractivity contribution in [3.05, 3.63) is 78.4 Å². The van der Waals surface area contributed by atoms with E-state index in [1.807, 2.05) is 36.1 Å². The standard InChI is InChI=1S/C26H24N4O5S2/c1-17-15-19-5-3-4-6-23(19)30(17)24(31)16-36-26-28-27-25(35-26)18-7-9-20(10-8-18)29-37(32,33)22-13-11-21(34-2)12-14-22/h3-14,17,29H,15-16H2,1-2H3/t17-/m1/s1. The number of methoxy groups -OCH3 is 1. The van der Waals surface area contributed by atoms with Gasteiger partial charge in [0.25, 0.3) is 15.2 Å². The van der Waals surface area contributed by atoms with Crippen LogP contribution >= 0.6 is 11.8 Å². The Balaban J connectivity index is 1.21. The van der Waals surface area contributed by atoms with Gasteiger partial charge < -0.3 is 14.1 Å². The lowest BCUT2D eigenvalue weighted by atomic mass is 10.1. The minimum absolute atomic E-state index is 0.0179. The van der Waals surface area contributed by atoms with Gasteiger partial charge in [-0.2, -0.15) is 0 Å². The second-order valence-electron chi connectivity index (χ2n) is 8.47. The highest BCUT2D eigenvalue weighted by molar-refractivity contribution is 7.99. The summed E-state index contributed by atoms with van der Waals surface area (Å²) in [6.45, 7) is 2.04. The number of ether oxygens (including phenoxy) is 1. The summed E-state index contributed by atoms with van der Waals surface area (Å²) >= 11 is 1.19. The van der Waals surface area contributed by atoms with Crippen molar-refractivity contribution in [2.24, 2.45) is 0 Å². The van der Waals surface area contributed by atoms with E-state index < -0.39 is 10.0 Å². The van der Waals surface area contributed by atoms with Crippen LogP contribution in [0.25, 0.3) is 11.5 Å². The van der Waals surface area contributed by atoms with Crippen molar-refractivity contribution in [1.29, 1.82) is 0 Å². The molecule has 1 aliphatic rings. The van der Waals surface area contributed by atoms with Crippen molar-refractivity contribution < 1.29 is 22.4 Å². The van der Waals surface area contributed by atoms with Gasteiger partial charge in [0.05, 0.1) is 17.8 Å². The first kappa shape index (κ1) is 24.8. The van der Waals surface area contributed by atoms with Gasteiger partial charge in [0.15, 0.2) is 0 Å². The molecule has 0 unspecified atom stereocenters. The number of rotatable bonds is 8. The zero-order chi connectivity index (χ0) is 26.0. The number of sulfonamides is 1. The molecule has 1 aromatic heterocycles. The van der Waals surface area contributed by atoms with Crippen molar-refractivity contribution in [2.45, 2.75) is 29.5 Å². The normalized spacial score (nSPS) is 14.9. The maximum atomic E-state index is 12.9. The second kappa shape index (κ2) is 10.3. The SMILES string of the molecule is COc1ccc(S(=O)(=O)Nc2ccc(-c3nnc(SCC(=O)N4c5ccccc5C[C@H]4C)o3)cc2)cc1. The highest BCUT2D eigenvalue weighted by Gasteiger charge is 2.30. The third-order valence-corrected chi connectivity index (χ3v) is 8.16. The Morgan fingerprint density at radius 3 is 2.54 bits per heavy atom. The molecule has 1 atom stereocenters. The van der Waals surface area contributed by atoms with Gasteiger partial charge in [-0.1, -0.05) is 30.0 Å². The molecule has 9 nitrogen and oxygen atoms in total. The van der Waals surface area contributed by atoms with E-state index >= 15 is 0 Å². The Labute approximate surface area is 218 Å². The zero-order valence-electron chi connectivity index (χ0n) is 20.1. The van der Waals surface area contributed by atoms with Gasteiger partial charge in [-0.3, -0.25) is 9.52 Å². The number of anilines is 2. The fourth-order valence-electron chi connectivity index (χ4n) is 4.17. The van der Waals surface area contributed by atoms with E-state index in [4.69, 9.17) is 9.15 Å². The van der Waals surface area contributed by atoms with Crippen LogP contribution in [0.1, 0.15) is 12.5 Å². The Morgan fingerprint density at radius 2 is 1.81 bits per heavy atom. The van der Waals surface area contributed by atoms with Crippen LogP contribution in [0.15, 0.2) is 87.3 Å². The number of fused-ring (bicyclic) bond motifs is 1. The quantitative estimate of drug-likeness (QED) is 0.325. The van der Waals surface area contributed by atoms with Crippen molar-refractivity contribution in [3.8, 4) is 17.2 Å². The number of carbonyl (C=O) groups excluding carboxylic acids is 1. The number of amides is 1. The molecule has 5 rings (SSSR count). The molecule has 2 heterocycles. The van der Waals surface area contributed by atoms with Gasteiger partial charge in [0.1, 0.15) is 5.75 Å². The average molecular weight is 537 g/mol. The average Bonchev–Trinajstić information content (AvgIpc) is 3.51. The number of nitrogens with zero attached hydrogens (tertiary/aromatic N) is 3. The fraction of sp³-hybridized carbons (Fsp3) is 0.192. The molecule has 0 bridgehead atoms. The lowest BCUT2D eigenvalue weighted by Crippen LogP contribution is -2.36. The van der Waals surface area contributed by atoms with Crippen molar-refractivity contribution in [2.75, 3.05) is 22.5 Å². The lowest BCUT2D eigenvalue weighted by Gasteiger charge is -2.22. The second-order valence-corrected chi connectivity index (χ2v) is 11.1. The van der Waals surface area contributed by atoms with Crippen LogP contribution in [-0.2, 0) is 21.2 Å². The number of hydrogen-bond acceptors (Lipinski definition) is 8. The van der Waals surface area contributed by atoms with Gasteiger partial charge in [-0.25, -0.2) is 8.42 Å². The van der Waals surface area contributed by atoms with Crippen LogP contribution in [0.4, 0.5) is 11.4 Å². The number of aromatic nitrogens is 2. The predicted octanol–water partition coefficient (Wildman–Crippen LogP) is 4.62. The molecule has 1 amide bonds. The summed E-state index contributed by atoms with van der Waals surface area (Å²) in [6, 6.07) is 20.7. The van der Waals surface area contributed by atoms with Gasteiger partial charge in [0.2, 0.25) is 11.8 Å². The van der Waals surface area contributed by atoms with E-state index in [1.54, 1.807) is 36.4 Å². The Hall–Kier alpha value is -3.83. The minimum atomic E-state index is -3.75. The maximum absolute atomic E-state index is 12.9. The van der Waals surface area contributed by atoms with E-state index in [9.17, 15) is 13.2 Å². The summed E-state index contributed by atoms with van der Waals surface area (Å²) in [5, 5.41) is 8.40. The summed E-state index contributed by atoms with van der Waals surface area (Å²) in [5.74, 6) is 1.00. The first-order valence-electron chi connectivity index (χ1n) is 11.5. The van der Waals surface area contributed by atoms with Crippen LogP contribution < -0.4 is 14.4 Å². The minimum Gasteiger partial charge on any atom is -0.497 e. The van der Waals surface area contributed by atoms with E-state index in [0.717, 1.165) is 12.1 Å². The van der Waals surface area contributed by atoms with E-state index in [0.29, 0.717) is 17.0 Å². The molecule has 1 N–H and O–H groups in total. The fourth-order valence-corrected chi connectivity index (χ4v) is 5.85. The highest BCUT2D eigenvalue weighted by Crippen LogP contribution is 2.33. The number of hydrogen-bond donors (Lipinski definition) is 1. The maximum Gasteiger partial charge on any atom is 0.277 e. The topological polar surface area (TPSA) is 115 Å². The molecule has 1 aliphatic heterocycles. The predicted molar refractivity (Wildman–Crippen MR) is 141 cm³/mol. The number of para-hydroxylation sites is 1. The van der Waals surface area contributed by atoms with Crippen LogP contribution in [0.2, 0.25) is 0 Å². The third-order valence-electron chi connectivity index (χ3n) is 5.96. The van der Waals surface area contributed by atoms with Gasteiger partial charge in [0, 0.05) is 23.0 Å². The van der Waals surface area contributed by atoms with Gasteiger partial charge in [-0.15, -0.1) is 10.2 Å². The van der Waals surface area contributed by atoms with Crippen LogP contribution in [-0.4, -0.2) is 43.4 Å². The monoisotopic (exact) mass is 536 g/mol. The molecule has 0 saturated carbocycles. The first-order valence-corrected chi connectivity index (χ1v) is 13.9. The van der Waals surface area contributed by atoms with E-state index in [2.05, 4.69) is 14.9 Å². The highest BCUT2D eigenvalue weighted by atomic mass is 32.2. The van der Waals surface area contributed by atoms with Crippen molar-refractivity contribution in [1.82, 2.24) is 10.2 Å². The first-order chi connectivity index (χ1) is 17.8. The molecule has 0 saturated heterocycles. The molecule has 3 aromatic carbocycles. The van der Waals surface area contributed by atoms with Crippen LogP contribution in [0.3, 0.4) is 0 Å². The van der Waals surface area contributed by atoms with Crippen molar-refractivity contribution in [3.63, 3.8) is 0 Å². The molecule has 0 fully saturated rings. The van der Waals surface area contributed by atoms with Crippen molar-refractivity contribution >= 4 is 39.1 Å². The van der Waals surface area contributed by atoms with Gasteiger partial charge >= 0.3 is 0 Å². The molecular weight excluding hydrogens is 512 g/mol. The van der Waals surface area contributed by atoms with E-state index in [1.165, 1.54) is 36.6 Å². The molecule has 37 heavy (non-hydrogen) atoms. The third kappa shape index (κ3) is 5.32. The molecule has 0 radical (unpaired) electrons. The molecule has 0 aliphatic carbocycles. The van der Waals surface area contributed by atoms with Crippen LogP contribution in [0.5, 0.6) is 5.75 Å². The Bertz CT molecular complexity index is 1520. The van der Waals surface area contributed by atoms with Gasteiger partial charge in [-0.05, 0) is 73.5 Å². The molecular formula is C26H24N4O5S2.